The maximum Gasteiger partial charge on any atom is 0.430 e. The zero-order valence-electron chi connectivity index (χ0n) is 30.4. The van der Waals surface area contributed by atoms with Crippen LogP contribution in [0.3, 0.4) is 0 Å². The molecule has 1 heterocycles. The van der Waals surface area contributed by atoms with Crippen LogP contribution in [0.1, 0.15) is 55.3 Å². The maximum atomic E-state index is 15.0. The minimum Gasteiger partial charge on any atom is -0.495 e. The molecular weight excluding hydrogens is 752 g/mol. The summed E-state index contributed by atoms with van der Waals surface area (Å²) in [5, 5.41) is 7.58. The van der Waals surface area contributed by atoms with E-state index in [-0.39, 0.29) is 34.4 Å². The van der Waals surface area contributed by atoms with Crippen LogP contribution < -0.4 is 20.7 Å². The van der Waals surface area contributed by atoms with E-state index in [0.717, 1.165) is 30.9 Å². The molecule has 1 aliphatic carbocycles. The van der Waals surface area contributed by atoms with Gasteiger partial charge < -0.3 is 25.4 Å². The molecule has 3 N–H and O–H groups in total. The van der Waals surface area contributed by atoms with E-state index < -0.39 is 84.1 Å². The number of methoxy groups -OCH3 is 1. The Morgan fingerprint density at radius 1 is 0.893 bits per heavy atom. The number of halogens is 6. The molecule has 2 atom stereocenters. The van der Waals surface area contributed by atoms with Gasteiger partial charge >= 0.3 is 35.9 Å². The Morgan fingerprint density at radius 2 is 1.52 bits per heavy atom. The molecule has 3 aromatic carbocycles. The van der Waals surface area contributed by atoms with Crippen molar-refractivity contribution < 1.29 is 59.8 Å². The SMILES string of the molecule is CCOC(=O)C[C@H](NC(=O)[C@H](CC1CC1)N1C(=O)N(Cc2ccc(NC(=O)Nc3ccccc3C)c(OC)c2)C(C(F)(F)F)(C(F)(F)F)C1=O)c1ccccc1. The summed E-state index contributed by atoms with van der Waals surface area (Å²) >= 11 is 0. The van der Waals surface area contributed by atoms with Crippen LogP contribution in [-0.4, -0.2) is 77.3 Å². The predicted octanol–water partition coefficient (Wildman–Crippen LogP) is 7.25. The van der Waals surface area contributed by atoms with E-state index in [9.17, 15) is 24.0 Å². The van der Waals surface area contributed by atoms with Gasteiger partial charge in [0, 0.05) is 12.2 Å². The van der Waals surface area contributed by atoms with Gasteiger partial charge in [-0.3, -0.25) is 19.3 Å². The van der Waals surface area contributed by atoms with Gasteiger partial charge in [-0.25, -0.2) is 14.5 Å². The highest BCUT2D eigenvalue weighted by atomic mass is 19.4. The summed E-state index contributed by atoms with van der Waals surface area (Å²) in [6.07, 6.45) is -12.8. The maximum absolute atomic E-state index is 15.0. The highest BCUT2D eigenvalue weighted by molar-refractivity contribution is 6.11. The van der Waals surface area contributed by atoms with Crippen LogP contribution in [0.25, 0.3) is 0 Å². The lowest BCUT2D eigenvalue weighted by atomic mass is 9.94. The first-order chi connectivity index (χ1) is 26.4. The first kappa shape index (κ1) is 41.4. The Balaban J connectivity index is 1.50. The Kier molecular flexibility index (Phi) is 12.2. The molecule has 0 bridgehead atoms. The fraction of sp³-hybridized carbons (Fsp3) is 0.395. The standard InChI is InChI=1S/C38H39F6N5O7/c1-4-56-31(50)20-28(25-11-6-5-7-12-25)45-32(51)29(18-23-14-15-23)49-33(52)36(37(39,40)41,38(42,43)44)48(35(49)54)21-24-16-17-27(30(19-24)55-3)47-34(53)46-26-13-9-8-10-22(26)2/h5-13,16-17,19,23,28-29H,4,14-15,18,20-21H2,1-3H3,(H,45,51)(H2,46,47,53)/t28-,29-/m0/s1. The van der Waals surface area contributed by atoms with Crippen LogP contribution in [0.15, 0.2) is 72.8 Å². The zero-order valence-corrected chi connectivity index (χ0v) is 30.4. The average Bonchev–Trinajstić information content (AvgIpc) is 3.92. The van der Waals surface area contributed by atoms with E-state index >= 15 is 26.3 Å². The monoisotopic (exact) mass is 791 g/mol. The fourth-order valence-electron chi connectivity index (χ4n) is 6.52. The molecule has 0 spiro atoms. The molecule has 18 heteroatoms. The zero-order chi connectivity index (χ0) is 41.0. The third kappa shape index (κ3) is 8.53. The number of benzene rings is 3. The Morgan fingerprint density at radius 3 is 2.11 bits per heavy atom. The van der Waals surface area contributed by atoms with Crippen molar-refractivity contribution in [2.24, 2.45) is 5.92 Å². The number of para-hydroxylation sites is 1. The molecule has 12 nitrogen and oxygen atoms in total. The summed E-state index contributed by atoms with van der Waals surface area (Å²) in [5.74, 6) is -5.28. The number of imide groups is 1. The summed E-state index contributed by atoms with van der Waals surface area (Å²) in [5.41, 5.74) is -4.22. The first-order valence-electron chi connectivity index (χ1n) is 17.5. The number of esters is 1. The number of amides is 6. The number of hydrogen-bond acceptors (Lipinski definition) is 7. The molecule has 300 valence electrons. The molecule has 0 radical (unpaired) electrons. The van der Waals surface area contributed by atoms with Crippen molar-refractivity contribution in [2.45, 2.75) is 76.1 Å². The van der Waals surface area contributed by atoms with Crippen molar-refractivity contribution in [3.05, 3.63) is 89.5 Å². The molecule has 5 rings (SSSR count). The van der Waals surface area contributed by atoms with Crippen LogP contribution in [0, 0.1) is 12.8 Å². The Labute approximate surface area is 317 Å². The van der Waals surface area contributed by atoms with Crippen molar-refractivity contribution in [2.75, 3.05) is 24.4 Å². The number of aryl methyl sites for hydroxylation is 1. The minimum atomic E-state index is -6.41. The van der Waals surface area contributed by atoms with Gasteiger partial charge in [-0.1, -0.05) is 67.4 Å². The second kappa shape index (κ2) is 16.5. The fourth-order valence-corrected chi connectivity index (χ4v) is 6.52. The van der Waals surface area contributed by atoms with E-state index in [2.05, 4.69) is 16.0 Å². The van der Waals surface area contributed by atoms with Crippen molar-refractivity contribution in [1.82, 2.24) is 15.1 Å². The van der Waals surface area contributed by atoms with Gasteiger partial charge in [0.1, 0.15) is 11.8 Å². The molecule has 0 unspecified atom stereocenters. The Bertz CT molecular complexity index is 1940. The second-order valence-electron chi connectivity index (χ2n) is 13.4. The minimum absolute atomic E-state index is 0.0173. The summed E-state index contributed by atoms with van der Waals surface area (Å²) in [6, 6.07) is 11.8. The van der Waals surface area contributed by atoms with Crippen molar-refractivity contribution in [1.29, 1.82) is 0 Å². The number of hydrogen-bond donors (Lipinski definition) is 3. The summed E-state index contributed by atoms with van der Waals surface area (Å²) in [6.45, 7) is 1.85. The summed E-state index contributed by atoms with van der Waals surface area (Å²) in [7, 11) is 1.14. The number of ether oxygens (including phenoxy) is 2. The lowest BCUT2D eigenvalue weighted by Gasteiger charge is -2.37. The number of alkyl halides is 6. The summed E-state index contributed by atoms with van der Waals surface area (Å²) in [4.78, 5) is 66.2. The number of nitrogens with zero attached hydrogens (tertiary/aromatic N) is 2. The largest absolute Gasteiger partial charge is 0.495 e. The third-order valence-corrected chi connectivity index (χ3v) is 9.50. The van der Waals surface area contributed by atoms with Gasteiger partial charge in [-0.2, -0.15) is 26.3 Å². The number of carbonyl (C=O) groups excluding carboxylic acids is 5. The number of urea groups is 2. The predicted molar refractivity (Wildman–Crippen MR) is 189 cm³/mol. The quantitative estimate of drug-likeness (QED) is 0.0886. The molecule has 6 amide bonds. The van der Waals surface area contributed by atoms with Crippen LogP contribution in [-0.2, 0) is 25.7 Å². The van der Waals surface area contributed by atoms with E-state index in [4.69, 9.17) is 9.47 Å². The van der Waals surface area contributed by atoms with E-state index in [1.54, 1.807) is 49.4 Å². The molecular formula is C38H39F6N5O7. The van der Waals surface area contributed by atoms with Crippen LogP contribution >= 0.6 is 0 Å². The third-order valence-electron chi connectivity index (χ3n) is 9.50. The normalized spacial score (nSPS) is 16.6. The number of rotatable bonds is 14. The average molecular weight is 792 g/mol. The molecule has 1 saturated carbocycles. The van der Waals surface area contributed by atoms with Crippen molar-refractivity contribution in [3.8, 4) is 5.75 Å². The highest BCUT2D eigenvalue weighted by Crippen LogP contribution is 2.53. The van der Waals surface area contributed by atoms with Gasteiger partial charge in [0.25, 0.3) is 5.91 Å². The van der Waals surface area contributed by atoms with Crippen LogP contribution in [0.5, 0.6) is 5.75 Å². The van der Waals surface area contributed by atoms with Gasteiger partial charge in [0.05, 0.1) is 31.9 Å². The highest BCUT2D eigenvalue weighted by Gasteiger charge is 2.84. The van der Waals surface area contributed by atoms with E-state index in [0.29, 0.717) is 24.1 Å². The van der Waals surface area contributed by atoms with Gasteiger partial charge in [-0.15, -0.1) is 0 Å². The first-order valence-corrected chi connectivity index (χ1v) is 17.5. The number of nitrogens with one attached hydrogen (secondary N) is 3. The molecule has 56 heavy (non-hydrogen) atoms. The molecule has 3 aromatic rings. The molecule has 2 fully saturated rings. The lowest BCUT2D eigenvalue weighted by molar-refractivity contribution is -0.315. The molecule has 0 aromatic heterocycles. The van der Waals surface area contributed by atoms with E-state index in [1.807, 2.05) is 0 Å². The molecule has 1 aliphatic heterocycles. The smallest absolute Gasteiger partial charge is 0.430 e. The number of carbonyl (C=O) groups is 5. The second-order valence-corrected chi connectivity index (χ2v) is 13.4. The summed E-state index contributed by atoms with van der Waals surface area (Å²) < 4.78 is 100. The number of anilines is 2. The van der Waals surface area contributed by atoms with Crippen LogP contribution in [0.2, 0.25) is 0 Å². The van der Waals surface area contributed by atoms with Crippen molar-refractivity contribution >= 4 is 41.2 Å². The van der Waals surface area contributed by atoms with Gasteiger partial charge in [0.2, 0.25) is 5.91 Å². The van der Waals surface area contributed by atoms with Gasteiger partial charge in [-0.05, 0) is 61.1 Å². The van der Waals surface area contributed by atoms with Gasteiger partial charge in [0.15, 0.2) is 0 Å². The van der Waals surface area contributed by atoms with Crippen molar-refractivity contribution in [3.63, 3.8) is 0 Å². The Hall–Kier alpha value is -5.81. The topological polar surface area (TPSA) is 146 Å². The van der Waals surface area contributed by atoms with Crippen LogP contribution in [0.4, 0.5) is 47.3 Å². The molecule has 2 aliphatic rings. The van der Waals surface area contributed by atoms with E-state index in [1.165, 1.54) is 19.1 Å². The molecule has 1 saturated heterocycles. The lowest BCUT2D eigenvalue weighted by Crippen LogP contribution is -2.69.